The molecule has 294 valence electrons. The Morgan fingerprint density at radius 1 is 0.982 bits per heavy atom. The van der Waals surface area contributed by atoms with Crippen molar-refractivity contribution in [2.24, 2.45) is 0 Å². The molecule has 0 atom stereocenters. The van der Waals surface area contributed by atoms with Crippen molar-refractivity contribution in [3.05, 3.63) is 88.9 Å². The van der Waals surface area contributed by atoms with Gasteiger partial charge in [-0.15, -0.1) is 11.3 Å². The molecule has 2 saturated heterocycles. The van der Waals surface area contributed by atoms with E-state index in [9.17, 15) is 5.26 Å². The van der Waals surface area contributed by atoms with Gasteiger partial charge in [0.1, 0.15) is 58.6 Å². The van der Waals surface area contributed by atoms with E-state index in [4.69, 9.17) is 20.9 Å². The summed E-state index contributed by atoms with van der Waals surface area (Å²) in [4.78, 5) is 21.1. The second-order valence-electron chi connectivity index (χ2n) is 14.2. The van der Waals surface area contributed by atoms with Crippen LogP contribution >= 0.6 is 11.3 Å². The summed E-state index contributed by atoms with van der Waals surface area (Å²) in [5, 5.41) is 9.24. The predicted octanol–water partition coefficient (Wildman–Crippen LogP) is 8.04. The molecule has 4 aromatic heterocycles. The first-order valence-corrected chi connectivity index (χ1v) is 19.1. The Labute approximate surface area is 327 Å². The van der Waals surface area contributed by atoms with Crippen molar-refractivity contribution in [1.82, 2.24) is 24.8 Å². The summed E-state index contributed by atoms with van der Waals surface area (Å²) >= 11 is 0.693. The molecule has 3 aliphatic rings. The van der Waals surface area contributed by atoms with Crippen LogP contribution in [0.15, 0.2) is 54.9 Å². The second kappa shape index (κ2) is 14.9. The zero-order chi connectivity index (χ0) is 40.1. The van der Waals surface area contributed by atoms with E-state index in [0.717, 1.165) is 56.6 Å². The number of nitriles is 1. The fourth-order valence-electron chi connectivity index (χ4n) is 8.15. The summed E-state index contributed by atoms with van der Waals surface area (Å²) in [5.74, 6) is -2.70. The Morgan fingerprint density at radius 3 is 2.42 bits per heavy atom. The number of nitrogens with zero attached hydrogens (tertiary/aromatic N) is 7. The minimum atomic E-state index is -5.18. The van der Waals surface area contributed by atoms with Crippen LogP contribution in [0.1, 0.15) is 48.1 Å². The number of aromatic nitrogens is 4. The van der Waals surface area contributed by atoms with Crippen molar-refractivity contribution in [2.75, 3.05) is 49.2 Å². The van der Waals surface area contributed by atoms with Crippen molar-refractivity contribution >= 4 is 49.0 Å². The van der Waals surface area contributed by atoms with Crippen molar-refractivity contribution in [3.8, 4) is 29.0 Å². The lowest BCUT2D eigenvalue weighted by molar-refractivity contribution is -0.138. The van der Waals surface area contributed by atoms with E-state index in [2.05, 4.69) is 24.8 Å². The molecule has 17 heteroatoms. The monoisotopic (exact) mass is 801 g/mol. The summed E-state index contributed by atoms with van der Waals surface area (Å²) < 4.78 is 90.2. The number of nitrogens with two attached hydrogens (primary N) is 2. The molecule has 0 amide bonds. The minimum Gasteiger partial charge on any atom is -0.490 e. The van der Waals surface area contributed by atoms with E-state index < -0.39 is 40.2 Å². The average molecular weight is 802 g/mol. The van der Waals surface area contributed by atoms with E-state index in [-0.39, 0.29) is 81.1 Å². The molecular weight excluding hydrogens is 766 g/mol. The number of benzene rings is 2. The number of hydrogen-bond acceptors (Lipinski definition) is 12. The van der Waals surface area contributed by atoms with Gasteiger partial charge in [-0.25, -0.2) is 13.8 Å². The Bertz CT molecular complexity index is 2530. The van der Waals surface area contributed by atoms with E-state index in [1.165, 1.54) is 6.20 Å². The normalized spacial score (nSPS) is 16.1. The van der Waals surface area contributed by atoms with Crippen LogP contribution in [0.2, 0.25) is 0 Å². The fraction of sp³-hybridized carbons (Fsp3) is 0.325. The van der Waals surface area contributed by atoms with E-state index >= 15 is 22.0 Å². The number of anilines is 3. The van der Waals surface area contributed by atoms with Gasteiger partial charge in [-0.05, 0) is 75.5 Å². The second-order valence-corrected chi connectivity index (χ2v) is 15.2. The predicted molar refractivity (Wildman–Crippen MR) is 207 cm³/mol. The van der Waals surface area contributed by atoms with Crippen molar-refractivity contribution in [2.45, 2.75) is 50.9 Å². The lowest BCUT2D eigenvalue weighted by Crippen LogP contribution is -2.43. The Morgan fingerprint density at radius 2 is 1.75 bits per heavy atom. The largest absolute Gasteiger partial charge is 0.490 e. The molecule has 0 bridgehead atoms. The van der Waals surface area contributed by atoms with Gasteiger partial charge in [-0.1, -0.05) is 18.2 Å². The topological polar surface area (TPSA) is 152 Å². The van der Waals surface area contributed by atoms with Crippen molar-refractivity contribution in [1.29, 1.82) is 5.26 Å². The van der Waals surface area contributed by atoms with Gasteiger partial charge < -0.3 is 25.8 Å². The number of thiophene rings is 1. The molecule has 2 fully saturated rings. The number of pyridine rings is 2. The molecule has 0 unspecified atom stereocenters. The van der Waals surface area contributed by atoms with Gasteiger partial charge in [0.2, 0.25) is 0 Å². The Hall–Kier alpha value is -5.86. The minimum absolute atomic E-state index is 0.0364. The van der Waals surface area contributed by atoms with E-state index in [1.54, 1.807) is 23.2 Å². The summed E-state index contributed by atoms with van der Waals surface area (Å²) in [6.45, 7) is 3.90. The molecule has 9 rings (SSSR count). The highest BCUT2D eigenvalue weighted by Crippen LogP contribution is 2.53. The maximum absolute atomic E-state index is 17.3. The first-order chi connectivity index (χ1) is 27.4. The average Bonchev–Trinajstić information content (AvgIpc) is 3.84. The zero-order valence-electron chi connectivity index (χ0n) is 30.7. The third-order valence-electron chi connectivity index (χ3n) is 10.8. The summed E-state index contributed by atoms with van der Waals surface area (Å²) in [6.07, 6.45) is 1.91. The maximum Gasteiger partial charge on any atom is 0.420 e. The molecule has 2 aromatic carbocycles. The molecule has 7 heterocycles. The molecule has 0 saturated carbocycles. The molecule has 4 N–H and O–H groups in total. The maximum atomic E-state index is 17.3. The van der Waals surface area contributed by atoms with E-state index in [0.29, 0.717) is 16.9 Å². The van der Waals surface area contributed by atoms with Crippen LogP contribution in [0.25, 0.3) is 32.1 Å². The number of nitrogen functional groups attached to an aromatic ring is 2. The number of halogens is 5. The highest BCUT2D eigenvalue weighted by molar-refractivity contribution is 7.23. The molecule has 11 nitrogen and oxygen atoms in total. The number of aryl methyl sites for hydroxylation is 1. The van der Waals surface area contributed by atoms with Crippen LogP contribution in [0, 0.1) is 29.9 Å². The van der Waals surface area contributed by atoms with Crippen LogP contribution in [0.5, 0.6) is 11.8 Å². The van der Waals surface area contributed by atoms with Gasteiger partial charge >= 0.3 is 12.2 Å². The third-order valence-corrected chi connectivity index (χ3v) is 11.8. The first kappa shape index (κ1) is 38.0. The van der Waals surface area contributed by atoms with Crippen LogP contribution in [-0.4, -0.2) is 63.2 Å². The molecule has 6 aromatic rings. The van der Waals surface area contributed by atoms with Gasteiger partial charge in [-0.3, -0.25) is 9.88 Å². The standard InChI is InChI=1S/C34H29F5N8O2S.C6H7N/c35-20-6-5-18(21-19(14-40)30(42)50-28(20)21)22-24(34(37,38)39)27-23-26(25(22)36)44-32(49-16-33-7-2-10-47(33)11-3-8-33)45-31(23)46(12-13-48-27)15-17-4-1-9-43-29(17)41;1-6-4-2-3-5-7-6/h1,4-6,9H,2-3,7-8,10-13,15-16,42H2,(H2,41,43);2-5H,1H3. The summed E-state index contributed by atoms with van der Waals surface area (Å²) in [6, 6.07) is 12.8. The fourth-order valence-corrected chi connectivity index (χ4v) is 9.10. The van der Waals surface area contributed by atoms with Crippen molar-refractivity contribution < 1.29 is 31.4 Å². The third kappa shape index (κ3) is 6.86. The van der Waals surface area contributed by atoms with Gasteiger partial charge in [0.05, 0.1) is 27.7 Å². The van der Waals surface area contributed by atoms with E-state index in [1.807, 2.05) is 31.2 Å². The highest BCUT2D eigenvalue weighted by Gasteiger charge is 2.46. The number of rotatable bonds is 6. The van der Waals surface area contributed by atoms with Crippen LogP contribution in [-0.2, 0) is 12.7 Å². The SMILES string of the molecule is Cc1ccccn1.N#Cc1c(N)sc2c(F)ccc(-c3c(C(F)(F)F)c4c5c(nc(OCC67CCCN6CCC7)nc5c3F)N(Cc3cccnc3N)CCO4)c12. The van der Waals surface area contributed by atoms with Crippen LogP contribution in [0.3, 0.4) is 0 Å². The molecular formula is C40H36F5N9O2S. The molecule has 3 aliphatic heterocycles. The lowest BCUT2D eigenvalue weighted by Gasteiger charge is -2.31. The first-order valence-electron chi connectivity index (χ1n) is 18.3. The number of alkyl halides is 3. The summed E-state index contributed by atoms with van der Waals surface area (Å²) in [7, 11) is 0. The quantitative estimate of drug-likeness (QED) is 0.158. The van der Waals surface area contributed by atoms with Crippen LogP contribution in [0.4, 0.5) is 38.6 Å². The number of ether oxygens (including phenoxy) is 2. The Balaban J connectivity index is 0.000000589. The highest BCUT2D eigenvalue weighted by atomic mass is 32.1. The lowest BCUT2D eigenvalue weighted by atomic mass is 9.91. The molecule has 0 spiro atoms. The van der Waals surface area contributed by atoms with Gasteiger partial charge in [0, 0.05) is 41.1 Å². The molecule has 0 aliphatic carbocycles. The van der Waals surface area contributed by atoms with Gasteiger partial charge in [-0.2, -0.15) is 28.4 Å². The number of hydrogen-bond donors (Lipinski definition) is 2. The smallest absolute Gasteiger partial charge is 0.420 e. The Kier molecular flexibility index (Phi) is 9.94. The molecule has 0 radical (unpaired) electrons. The summed E-state index contributed by atoms with van der Waals surface area (Å²) in [5.41, 5.74) is 10.0. The molecule has 57 heavy (non-hydrogen) atoms. The van der Waals surface area contributed by atoms with Crippen LogP contribution < -0.4 is 25.8 Å². The van der Waals surface area contributed by atoms with Gasteiger partial charge in [0.15, 0.2) is 5.82 Å². The van der Waals surface area contributed by atoms with Gasteiger partial charge in [0.25, 0.3) is 0 Å². The number of fused-ring (bicyclic) bond motifs is 2. The van der Waals surface area contributed by atoms with Crippen molar-refractivity contribution in [3.63, 3.8) is 0 Å². The zero-order valence-corrected chi connectivity index (χ0v) is 31.5.